The van der Waals surface area contributed by atoms with Gasteiger partial charge in [0.1, 0.15) is 0 Å². The van der Waals surface area contributed by atoms with Crippen molar-refractivity contribution in [2.45, 2.75) is 37.8 Å². The Hall–Kier alpha value is -2.20. The average Bonchev–Trinajstić information content (AvgIpc) is 3.30. The molecule has 2 fully saturated rings. The second-order valence-corrected chi connectivity index (χ2v) is 7.23. The van der Waals surface area contributed by atoms with Crippen LogP contribution >= 0.6 is 0 Å². The van der Waals surface area contributed by atoms with E-state index >= 15 is 0 Å². The van der Waals surface area contributed by atoms with Crippen LogP contribution in [0.2, 0.25) is 0 Å². The number of rotatable bonds is 3. The summed E-state index contributed by atoms with van der Waals surface area (Å²) in [5.41, 5.74) is 2.80. The maximum Gasteiger partial charge on any atom is 0.255 e. The van der Waals surface area contributed by atoms with Crippen LogP contribution in [-0.4, -0.2) is 52.9 Å². The molecular weight excluding hydrogens is 310 g/mol. The Bertz CT molecular complexity index is 746. The average molecular weight is 335 g/mol. The standard InChI is InChI=1S/C21H25N3O/c1-23-11-5-9-19(23)20-10-6-12-24(20)21(25)18-13-17(14-22-15-18)16-7-3-2-4-8-16/h2-4,7-8,13-15,19-20H,5-6,9-12H2,1H3. The molecule has 25 heavy (non-hydrogen) atoms. The molecule has 3 heterocycles. The summed E-state index contributed by atoms with van der Waals surface area (Å²) in [4.78, 5) is 22.0. The maximum absolute atomic E-state index is 13.2. The first kappa shape index (κ1) is 16.3. The number of carbonyl (C=O) groups is 1. The van der Waals surface area contributed by atoms with Crippen molar-refractivity contribution in [1.29, 1.82) is 0 Å². The van der Waals surface area contributed by atoms with Gasteiger partial charge in [0.15, 0.2) is 0 Å². The Morgan fingerprint density at radius 2 is 1.76 bits per heavy atom. The van der Waals surface area contributed by atoms with Crippen molar-refractivity contribution in [2.24, 2.45) is 0 Å². The molecule has 1 aromatic heterocycles. The second kappa shape index (κ2) is 6.96. The molecule has 2 unspecified atom stereocenters. The molecule has 130 valence electrons. The first-order valence-corrected chi connectivity index (χ1v) is 9.26. The number of likely N-dealkylation sites (N-methyl/N-ethyl adjacent to an activating group) is 1. The normalized spacial score (nSPS) is 24.0. The van der Waals surface area contributed by atoms with Crippen LogP contribution < -0.4 is 0 Å². The highest BCUT2D eigenvalue weighted by atomic mass is 16.2. The fraction of sp³-hybridized carbons (Fsp3) is 0.429. The summed E-state index contributed by atoms with van der Waals surface area (Å²) in [5.74, 6) is 0.132. The first-order chi connectivity index (χ1) is 12.2. The van der Waals surface area contributed by atoms with Crippen molar-refractivity contribution in [3.05, 3.63) is 54.4 Å². The van der Waals surface area contributed by atoms with Crippen molar-refractivity contribution < 1.29 is 4.79 Å². The summed E-state index contributed by atoms with van der Waals surface area (Å²) in [6.45, 7) is 2.01. The molecule has 2 aliphatic heterocycles. The van der Waals surface area contributed by atoms with Crippen molar-refractivity contribution in [1.82, 2.24) is 14.8 Å². The van der Waals surface area contributed by atoms with E-state index in [-0.39, 0.29) is 5.91 Å². The van der Waals surface area contributed by atoms with Gasteiger partial charge in [-0.15, -0.1) is 0 Å². The maximum atomic E-state index is 13.2. The third-order valence-electron chi connectivity index (χ3n) is 5.67. The number of hydrogen-bond donors (Lipinski definition) is 0. The van der Waals surface area contributed by atoms with E-state index in [1.165, 1.54) is 12.8 Å². The highest BCUT2D eigenvalue weighted by molar-refractivity contribution is 5.95. The van der Waals surface area contributed by atoms with E-state index in [0.29, 0.717) is 17.6 Å². The van der Waals surface area contributed by atoms with Gasteiger partial charge < -0.3 is 9.80 Å². The number of nitrogens with zero attached hydrogens (tertiary/aromatic N) is 3. The van der Waals surface area contributed by atoms with Crippen LogP contribution in [0, 0.1) is 0 Å². The highest BCUT2D eigenvalue weighted by Gasteiger charge is 2.38. The zero-order chi connectivity index (χ0) is 17.2. The van der Waals surface area contributed by atoms with Crippen LogP contribution in [0.15, 0.2) is 48.8 Å². The molecule has 0 aliphatic carbocycles. The smallest absolute Gasteiger partial charge is 0.255 e. The van der Waals surface area contributed by atoms with E-state index in [1.807, 2.05) is 30.5 Å². The van der Waals surface area contributed by atoms with Crippen LogP contribution in [0.4, 0.5) is 0 Å². The number of pyridine rings is 1. The number of carbonyl (C=O) groups excluding carboxylic acids is 1. The lowest BCUT2D eigenvalue weighted by Gasteiger charge is -2.33. The summed E-state index contributed by atoms with van der Waals surface area (Å²) in [7, 11) is 2.19. The molecule has 0 bridgehead atoms. The van der Waals surface area contributed by atoms with Gasteiger partial charge >= 0.3 is 0 Å². The Morgan fingerprint density at radius 3 is 2.52 bits per heavy atom. The molecule has 2 saturated heterocycles. The summed E-state index contributed by atoms with van der Waals surface area (Å²) >= 11 is 0. The molecule has 4 rings (SSSR count). The van der Waals surface area contributed by atoms with Gasteiger partial charge in [-0.05, 0) is 50.9 Å². The van der Waals surface area contributed by atoms with Crippen molar-refractivity contribution in [2.75, 3.05) is 20.1 Å². The number of aromatic nitrogens is 1. The van der Waals surface area contributed by atoms with Gasteiger partial charge in [0.05, 0.1) is 5.56 Å². The van der Waals surface area contributed by atoms with Crippen LogP contribution in [0.25, 0.3) is 11.1 Å². The predicted octanol–water partition coefficient (Wildman–Crippen LogP) is 3.45. The molecule has 2 aliphatic rings. The molecule has 4 nitrogen and oxygen atoms in total. The van der Waals surface area contributed by atoms with Crippen LogP contribution in [0.3, 0.4) is 0 Å². The minimum absolute atomic E-state index is 0.132. The third-order valence-corrected chi connectivity index (χ3v) is 5.67. The van der Waals surface area contributed by atoms with E-state index in [1.54, 1.807) is 6.20 Å². The van der Waals surface area contributed by atoms with E-state index in [2.05, 4.69) is 34.0 Å². The van der Waals surface area contributed by atoms with Gasteiger partial charge in [-0.1, -0.05) is 30.3 Å². The lowest BCUT2D eigenvalue weighted by Crippen LogP contribution is -2.47. The zero-order valence-corrected chi connectivity index (χ0v) is 14.8. The predicted molar refractivity (Wildman–Crippen MR) is 99.4 cm³/mol. The van der Waals surface area contributed by atoms with Crippen molar-refractivity contribution in [3.8, 4) is 11.1 Å². The topological polar surface area (TPSA) is 36.4 Å². The molecule has 0 N–H and O–H groups in total. The Morgan fingerprint density at radius 1 is 1.00 bits per heavy atom. The Kier molecular flexibility index (Phi) is 4.53. The minimum atomic E-state index is 0.132. The quantitative estimate of drug-likeness (QED) is 0.862. The summed E-state index contributed by atoms with van der Waals surface area (Å²) < 4.78 is 0. The van der Waals surface area contributed by atoms with Gasteiger partial charge in [-0.2, -0.15) is 0 Å². The summed E-state index contributed by atoms with van der Waals surface area (Å²) in [6.07, 6.45) is 8.21. The van der Waals surface area contributed by atoms with Gasteiger partial charge in [0.25, 0.3) is 5.91 Å². The third kappa shape index (κ3) is 3.19. The molecule has 4 heteroatoms. The fourth-order valence-corrected chi connectivity index (χ4v) is 4.38. The zero-order valence-electron chi connectivity index (χ0n) is 14.8. The number of likely N-dealkylation sites (tertiary alicyclic amines) is 2. The van der Waals surface area contributed by atoms with Crippen molar-refractivity contribution in [3.63, 3.8) is 0 Å². The summed E-state index contributed by atoms with van der Waals surface area (Å²) in [6, 6.07) is 13.0. The van der Waals surface area contributed by atoms with Crippen LogP contribution in [0.1, 0.15) is 36.0 Å². The summed E-state index contributed by atoms with van der Waals surface area (Å²) in [5, 5.41) is 0. The lowest BCUT2D eigenvalue weighted by atomic mass is 10.0. The van der Waals surface area contributed by atoms with Crippen molar-refractivity contribution >= 4 is 5.91 Å². The number of hydrogen-bond acceptors (Lipinski definition) is 3. The van der Waals surface area contributed by atoms with E-state index < -0.39 is 0 Å². The first-order valence-electron chi connectivity index (χ1n) is 9.26. The molecular formula is C21H25N3O. The van der Waals surface area contributed by atoms with Gasteiger partial charge in [0.2, 0.25) is 0 Å². The number of amides is 1. The van der Waals surface area contributed by atoms with Gasteiger partial charge in [0, 0.05) is 36.6 Å². The molecule has 1 amide bonds. The van der Waals surface area contributed by atoms with E-state index in [4.69, 9.17) is 0 Å². The second-order valence-electron chi connectivity index (χ2n) is 7.23. The van der Waals surface area contributed by atoms with Gasteiger partial charge in [-0.25, -0.2) is 0 Å². The van der Waals surface area contributed by atoms with Crippen LogP contribution in [-0.2, 0) is 0 Å². The van der Waals surface area contributed by atoms with Crippen LogP contribution in [0.5, 0.6) is 0 Å². The minimum Gasteiger partial charge on any atom is -0.334 e. The molecule has 0 saturated carbocycles. The lowest BCUT2D eigenvalue weighted by molar-refractivity contribution is 0.0664. The molecule has 2 aromatic rings. The van der Waals surface area contributed by atoms with E-state index in [9.17, 15) is 4.79 Å². The molecule has 1 aromatic carbocycles. The Balaban J connectivity index is 1.58. The number of benzene rings is 1. The molecule has 0 spiro atoms. The Labute approximate surface area is 149 Å². The highest BCUT2D eigenvalue weighted by Crippen LogP contribution is 2.30. The van der Waals surface area contributed by atoms with E-state index in [0.717, 1.165) is 37.1 Å². The SMILES string of the molecule is CN1CCCC1C1CCCN1C(=O)c1cncc(-c2ccccc2)c1. The molecule has 0 radical (unpaired) electrons. The molecule has 2 atom stereocenters. The fourth-order valence-electron chi connectivity index (χ4n) is 4.38. The van der Waals surface area contributed by atoms with Gasteiger partial charge in [-0.3, -0.25) is 9.78 Å². The monoisotopic (exact) mass is 335 g/mol. The largest absolute Gasteiger partial charge is 0.334 e.